The highest BCUT2D eigenvalue weighted by atomic mass is 79.9. The van der Waals surface area contributed by atoms with Gasteiger partial charge in [0, 0.05) is 22.2 Å². The summed E-state index contributed by atoms with van der Waals surface area (Å²) in [5.41, 5.74) is 0.912. The van der Waals surface area contributed by atoms with Gasteiger partial charge in [-0.1, -0.05) is 27.5 Å². The first-order valence-corrected chi connectivity index (χ1v) is 8.28. The van der Waals surface area contributed by atoms with E-state index in [-0.39, 0.29) is 0 Å². The molecule has 22 heavy (non-hydrogen) atoms. The van der Waals surface area contributed by atoms with Crippen LogP contribution < -0.4 is 10.1 Å². The van der Waals surface area contributed by atoms with Gasteiger partial charge in [-0.2, -0.15) is 0 Å². The van der Waals surface area contributed by atoms with Crippen molar-refractivity contribution in [3.63, 3.8) is 0 Å². The van der Waals surface area contributed by atoms with Crippen molar-refractivity contribution in [2.45, 2.75) is 0 Å². The van der Waals surface area contributed by atoms with E-state index in [1.54, 1.807) is 0 Å². The van der Waals surface area contributed by atoms with Gasteiger partial charge in [-0.25, -0.2) is 0 Å². The fraction of sp³-hybridized carbons (Fsp3) is 0.188. The number of anilines is 1. The Morgan fingerprint density at radius 2 is 1.82 bits per heavy atom. The number of benzene rings is 2. The van der Waals surface area contributed by atoms with Gasteiger partial charge in [-0.3, -0.25) is 0 Å². The smallest absolute Gasteiger partial charge is 0.173 e. The van der Waals surface area contributed by atoms with Gasteiger partial charge in [0.05, 0.1) is 6.54 Å². The predicted molar refractivity (Wildman–Crippen MR) is 99.9 cm³/mol. The topological polar surface area (TPSA) is 24.5 Å². The number of nitrogens with one attached hydrogen (secondary N) is 1. The standard InChI is InChI=1S/C16H16BrClN2OS/c1-20(10-11-21-15-8-2-12(17)3-9-15)16(22)19-14-6-4-13(18)5-7-14/h2-9H,10-11H2,1H3,(H,19,22). The lowest BCUT2D eigenvalue weighted by atomic mass is 10.3. The van der Waals surface area contributed by atoms with Crippen molar-refractivity contribution in [3.8, 4) is 5.75 Å². The first-order valence-electron chi connectivity index (χ1n) is 6.70. The molecule has 0 saturated carbocycles. The fourth-order valence-electron chi connectivity index (χ4n) is 1.68. The summed E-state index contributed by atoms with van der Waals surface area (Å²) in [6.07, 6.45) is 0. The molecule has 3 nitrogen and oxygen atoms in total. The van der Waals surface area contributed by atoms with Crippen LogP contribution in [0.15, 0.2) is 53.0 Å². The van der Waals surface area contributed by atoms with Crippen molar-refractivity contribution in [3.05, 3.63) is 58.0 Å². The average Bonchev–Trinajstić information content (AvgIpc) is 2.51. The van der Waals surface area contributed by atoms with Crippen molar-refractivity contribution in [2.24, 2.45) is 0 Å². The lowest BCUT2D eigenvalue weighted by Crippen LogP contribution is -2.34. The minimum absolute atomic E-state index is 0.556. The molecule has 0 aliphatic carbocycles. The van der Waals surface area contributed by atoms with Crippen molar-refractivity contribution < 1.29 is 4.74 Å². The van der Waals surface area contributed by atoms with Gasteiger partial charge < -0.3 is 15.0 Å². The van der Waals surface area contributed by atoms with E-state index in [1.165, 1.54) is 0 Å². The SMILES string of the molecule is CN(CCOc1ccc(Br)cc1)C(=S)Nc1ccc(Cl)cc1. The Morgan fingerprint density at radius 3 is 2.45 bits per heavy atom. The Balaban J connectivity index is 1.76. The minimum Gasteiger partial charge on any atom is -0.492 e. The van der Waals surface area contributed by atoms with E-state index < -0.39 is 0 Å². The molecule has 0 unspecified atom stereocenters. The largest absolute Gasteiger partial charge is 0.492 e. The third-order valence-corrected chi connectivity index (χ3v) is 4.15. The molecule has 0 heterocycles. The maximum atomic E-state index is 5.86. The number of hydrogen-bond donors (Lipinski definition) is 1. The zero-order chi connectivity index (χ0) is 15.9. The molecule has 2 aromatic carbocycles. The van der Waals surface area contributed by atoms with Gasteiger partial charge in [0.25, 0.3) is 0 Å². The molecular weight excluding hydrogens is 384 g/mol. The number of rotatable bonds is 5. The molecule has 1 N–H and O–H groups in total. The van der Waals surface area contributed by atoms with Crippen molar-refractivity contribution in [2.75, 3.05) is 25.5 Å². The van der Waals surface area contributed by atoms with E-state index in [0.717, 1.165) is 15.9 Å². The molecule has 2 rings (SSSR count). The molecule has 0 fully saturated rings. The Morgan fingerprint density at radius 1 is 1.18 bits per heavy atom. The summed E-state index contributed by atoms with van der Waals surface area (Å²) in [6, 6.07) is 15.2. The lowest BCUT2D eigenvalue weighted by molar-refractivity contribution is 0.285. The van der Waals surface area contributed by atoms with E-state index in [0.29, 0.717) is 23.3 Å². The Bertz CT molecular complexity index is 619. The van der Waals surface area contributed by atoms with Crippen molar-refractivity contribution in [1.29, 1.82) is 0 Å². The number of thiocarbonyl (C=S) groups is 1. The first kappa shape index (κ1) is 17.1. The molecule has 2 aromatic rings. The summed E-state index contributed by atoms with van der Waals surface area (Å²) >= 11 is 14.6. The third kappa shape index (κ3) is 5.48. The van der Waals surface area contributed by atoms with E-state index in [4.69, 9.17) is 28.6 Å². The number of likely N-dealkylation sites (N-methyl/N-ethyl adjacent to an activating group) is 1. The highest BCUT2D eigenvalue weighted by Crippen LogP contribution is 2.16. The highest BCUT2D eigenvalue weighted by Gasteiger charge is 2.05. The van der Waals surface area contributed by atoms with Crippen LogP contribution in [0.4, 0.5) is 5.69 Å². The van der Waals surface area contributed by atoms with E-state index >= 15 is 0 Å². The van der Waals surface area contributed by atoms with Crippen LogP contribution in [-0.4, -0.2) is 30.2 Å². The second kappa shape index (κ2) is 8.36. The van der Waals surface area contributed by atoms with Gasteiger partial charge in [0.1, 0.15) is 12.4 Å². The molecule has 6 heteroatoms. The Labute approximate surface area is 149 Å². The van der Waals surface area contributed by atoms with E-state index in [1.807, 2.05) is 60.5 Å². The quantitative estimate of drug-likeness (QED) is 0.729. The van der Waals surface area contributed by atoms with Crippen LogP contribution in [0, 0.1) is 0 Å². The zero-order valence-corrected chi connectivity index (χ0v) is 15.2. The normalized spacial score (nSPS) is 10.1. The summed E-state index contributed by atoms with van der Waals surface area (Å²) < 4.78 is 6.71. The van der Waals surface area contributed by atoms with Gasteiger partial charge >= 0.3 is 0 Å². The van der Waals surface area contributed by atoms with E-state index in [9.17, 15) is 0 Å². The minimum atomic E-state index is 0.556. The van der Waals surface area contributed by atoms with Crippen LogP contribution in [0.5, 0.6) is 5.75 Å². The number of ether oxygens (including phenoxy) is 1. The van der Waals surface area contributed by atoms with Crippen molar-refractivity contribution >= 4 is 50.5 Å². The molecule has 0 atom stereocenters. The van der Waals surface area contributed by atoms with Crippen LogP contribution in [0.1, 0.15) is 0 Å². The highest BCUT2D eigenvalue weighted by molar-refractivity contribution is 9.10. The van der Waals surface area contributed by atoms with Gasteiger partial charge in [-0.05, 0) is 60.7 Å². The predicted octanol–water partition coefficient (Wildman–Crippen LogP) is 4.81. The molecule has 0 aliphatic heterocycles. The van der Waals surface area contributed by atoms with Crippen LogP contribution in [-0.2, 0) is 0 Å². The molecule has 116 valence electrons. The molecule has 0 amide bonds. The maximum absolute atomic E-state index is 5.86. The second-order valence-corrected chi connectivity index (χ2v) is 6.40. The number of nitrogens with zero attached hydrogens (tertiary/aromatic N) is 1. The first-order chi connectivity index (χ1) is 10.5. The molecule has 0 bridgehead atoms. The average molecular weight is 400 g/mol. The lowest BCUT2D eigenvalue weighted by Gasteiger charge is -2.21. The maximum Gasteiger partial charge on any atom is 0.173 e. The van der Waals surface area contributed by atoms with Gasteiger partial charge in [-0.15, -0.1) is 0 Å². The Hall–Kier alpha value is -1.30. The van der Waals surface area contributed by atoms with Gasteiger partial charge in [0.15, 0.2) is 5.11 Å². The molecule has 0 saturated heterocycles. The summed E-state index contributed by atoms with van der Waals surface area (Å²) in [4.78, 5) is 1.93. The molecule has 0 radical (unpaired) electrons. The summed E-state index contributed by atoms with van der Waals surface area (Å²) in [7, 11) is 1.93. The van der Waals surface area contributed by atoms with Gasteiger partial charge in [0.2, 0.25) is 0 Å². The summed E-state index contributed by atoms with van der Waals surface area (Å²) in [6.45, 7) is 1.25. The van der Waals surface area contributed by atoms with Crippen LogP contribution >= 0.6 is 39.7 Å². The number of hydrogen-bond acceptors (Lipinski definition) is 2. The van der Waals surface area contributed by atoms with Crippen LogP contribution in [0.25, 0.3) is 0 Å². The van der Waals surface area contributed by atoms with E-state index in [2.05, 4.69) is 21.2 Å². The van der Waals surface area contributed by atoms with Crippen LogP contribution in [0.2, 0.25) is 5.02 Å². The molecule has 0 spiro atoms. The molecular formula is C16H16BrClN2OS. The monoisotopic (exact) mass is 398 g/mol. The fourth-order valence-corrected chi connectivity index (χ4v) is 2.28. The van der Waals surface area contributed by atoms with Crippen LogP contribution in [0.3, 0.4) is 0 Å². The summed E-state index contributed by atoms with van der Waals surface area (Å²) in [5.74, 6) is 0.841. The second-order valence-electron chi connectivity index (χ2n) is 4.66. The van der Waals surface area contributed by atoms with Crippen molar-refractivity contribution in [1.82, 2.24) is 4.90 Å². The molecule has 0 aliphatic rings. The Kier molecular flexibility index (Phi) is 6.49. The molecule has 0 aromatic heterocycles. The number of halogens is 2. The zero-order valence-electron chi connectivity index (χ0n) is 12.1. The summed E-state index contributed by atoms with van der Waals surface area (Å²) in [5, 5.41) is 4.50. The third-order valence-electron chi connectivity index (χ3n) is 2.95.